The monoisotopic (exact) mass is 263 g/mol. The van der Waals surface area contributed by atoms with Gasteiger partial charge in [0.2, 0.25) is 0 Å². The highest BCUT2D eigenvalue weighted by Crippen LogP contribution is 2.28. The van der Waals surface area contributed by atoms with Gasteiger partial charge in [-0.3, -0.25) is 0 Å². The lowest BCUT2D eigenvalue weighted by Crippen LogP contribution is -2.22. The van der Waals surface area contributed by atoms with Crippen LogP contribution in [0.25, 0.3) is 0 Å². The average Bonchev–Trinajstić information content (AvgIpc) is 2.45. The molecule has 1 heterocycles. The van der Waals surface area contributed by atoms with Crippen LogP contribution in [0.3, 0.4) is 0 Å². The van der Waals surface area contributed by atoms with Crippen molar-refractivity contribution in [1.82, 2.24) is 9.97 Å². The van der Waals surface area contributed by atoms with Crippen LogP contribution in [-0.4, -0.2) is 29.6 Å². The van der Waals surface area contributed by atoms with Gasteiger partial charge in [-0.25, -0.2) is 14.8 Å². The van der Waals surface area contributed by atoms with Crippen molar-refractivity contribution in [2.24, 2.45) is 11.8 Å². The Kier molecular flexibility index (Phi) is 4.71. The molecule has 0 spiro atoms. The summed E-state index contributed by atoms with van der Waals surface area (Å²) in [5.74, 6) is 1.62. The molecule has 1 saturated carbocycles. The Morgan fingerprint density at radius 2 is 2.37 bits per heavy atom. The number of ether oxygens (including phenoxy) is 1. The number of hydrogen-bond acceptors (Lipinski definition) is 5. The van der Waals surface area contributed by atoms with Gasteiger partial charge in [0.25, 0.3) is 0 Å². The highest BCUT2D eigenvalue weighted by molar-refractivity contribution is 5.94. The Morgan fingerprint density at radius 3 is 3.11 bits per heavy atom. The molecular formula is C14H21N3O2. The first kappa shape index (κ1) is 13.8. The Hall–Kier alpha value is -1.65. The van der Waals surface area contributed by atoms with Gasteiger partial charge < -0.3 is 10.1 Å². The fraction of sp³-hybridized carbons (Fsp3) is 0.643. The fourth-order valence-electron chi connectivity index (χ4n) is 2.72. The van der Waals surface area contributed by atoms with Crippen LogP contribution in [0.5, 0.6) is 0 Å². The van der Waals surface area contributed by atoms with Crippen LogP contribution in [-0.2, 0) is 4.74 Å². The van der Waals surface area contributed by atoms with Gasteiger partial charge in [-0.15, -0.1) is 0 Å². The number of hydrogen-bond donors (Lipinski definition) is 1. The van der Waals surface area contributed by atoms with Crippen LogP contribution in [0.4, 0.5) is 5.82 Å². The average molecular weight is 263 g/mol. The second kappa shape index (κ2) is 6.50. The van der Waals surface area contributed by atoms with Crippen LogP contribution in [0.15, 0.2) is 12.5 Å². The smallest absolute Gasteiger partial charge is 0.343 e. The van der Waals surface area contributed by atoms with Crippen molar-refractivity contribution in [2.75, 3.05) is 19.0 Å². The first-order valence-electron chi connectivity index (χ1n) is 6.83. The zero-order chi connectivity index (χ0) is 13.7. The van der Waals surface area contributed by atoms with Gasteiger partial charge in [0.05, 0.1) is 7.11 Å². The highest BCUT2D eigenvalue weighted by atomic mass is 16.5. The maximum atomic E-state index is 11.6. The zero-order valence-electron chi connectivity index (χ0n) is 11.6. The molecule has 1 aliphatic rings. The quantitative estimate of drug-likeness (QED) is 0.845. The fourth-order valence-corrected chi connectivity index (χ4v) is 2.72. The highest BCUT2D eigenvalue weighted by Gasteiger charge is 2.20. The maximum absolute atomic E-state index is 11.6. The summed E-state index contributed by atoms with van der Waals surface area (Å²) in [6.07, 6.45) is 8.04. The molecule has 0 aliphatic heterocycles. The van der Waals surface area contributed by atoms with E-state index in [1.54, 1.807) is 0 Å². The van der Waals surface area contributed by atoms with Crippen molar-refractivity contribution in [2.45, 2.75) is 32.6 Å². The third-order valence-electron chi connectivity index (χ3n) is 3.72. The van der Waals surface area contributed by atoms with Gasteiger partial charge >= 0.3 is 5.97 Å². The number of aromatic nitrogens is 2. The summed E-state index contributed by atoms with van der Waals surface area (Å²) in [6, 6.07) is 0. The standard InChI is InChI=1S/C14H21N3O2/c1-10-4-3-5-11(6-10)7-16-13-12(14(18)19-2)8-15-9-17-13/h8-11H,3-7H2,1-2H3,(H,15,16,17). The second-order valence-electron chi connectivity index (χ2n) is 5.30. The molecule has 0 saturated heterocycles. The summed E-state index contributed by atoms with van der Waals surface area (Å²) >= 11 is 0. The molecule has 19 heavy (non-hydrogen) atoms. The van der Waals surface area contributed by atoms with E-state index in [1.165, 1.54) is 45.3 Å². The number of esters is 1. The van der Waals surface area contributed by atoms with Gasteiger partial charge in [-0.2, -0.15) is 0 Å². The first-order valence-corrected chi connectivity index (χ1v) is 6.83. The molecule has 2 atom stereocenters. The van der Waals surface area contributed by atoms with E-state index in [0.29, 0.717) is 17.3 Å². The maximum Gasteiger partial charge on any atom is 0.343 e. The summed E-state index contributed by atoms with van der Waals surface area (Å²) in [4.78, 5) is 19.6. The van der Waals surface area contributed by atoms with Crippen LogP contribution in [0.1, 0.15) is 43.0 Å². The lowest BCUT2D eigenvalue weighted by Gasteiger charge is -2.27. The third kappa shape index (κ3) is 3.66. The van der Waals surface area contributed by atoms with Crippen LogP contribution >= 0.6 is 0 Å². The van der Waals surface area contributed by atoms with Crippen molar-refractivity contribution in [3.63, 3.8) is 0 Å². The topological polar surface area (TPSA) is 64.1 Å². The van der Waals surface area contributed by atoms with Crippen LogP contribution in [0, 0.1) is 11.8 Å². The number of methoxy groups -OCH3 is 1. The van der Waals surface area contributed by atoms with Crippen LogP contribution < -0.4 is 5.32 Å². The normalized spacial score (nSPS) is 22.8. The van der Waals surface area contributed by atoms with Crippen molar-refractivity contribution in [1.29, 1.82) is 0 Å². The molecule has 1 fully saturated rings. The van der Waals surface area contributed by atoms with Gasteiger partial charge in [-0.05, 0) is 24.7 Å². The lowest BCUT2D eigenvalue weighted by molar-refractivity contribution is 0.0601. The molecule has 1 aromatic rings. The minimum absolute atomic E-state index is 0.397. The molecule has 104 valence electrons. The molecular weight excluding hydrogens is 242 g/mol. The van der Waals surface area contributed by atoms with Gasteiger partial charge in [0, 0.05) is 12.7 Å². The minimum Gasteiger partial charge on any atom is -0.465 e. The summed E-state index contributed by atoms with van der Waals surface area (Å²) in [7, 11) is 1.36. The van der Waals surface area contributed by atoms with Crippen molar-refractivity contribution < 1.29 is 9.53 Å². The number of carbonyl (C=O) groups is 1. The summed E-state index contributed by atoms with van der Waals surface area (Å²) in [5.41, 5.74) is 0.397. The largest absolute Gasteiger partial charge is 0.465 e. The van der Waals surface area contributed by atoms with E-state index in [0.717, 1.165) is 12.5 Å². The second-order valence-corrected chi connectivity index (χ2v) is 5.30. The number of carbonyl (C=O) groups excluding carboxylic acids is 1. The summed E-state index contributed by atoms with van der Waals surface area (Å²) < 4.78 is 4.73. The Balaban J connectivity index is 1.97. The molecule has 1 aliphatic carbocycles. The number of nitrogens with zero attached hydrogens (tertiary/aromatic N) is 2. The van der Waals surface area contributed by atoms with Crippen molar-refractivity contribution >= 4 is 11.8 Å². The van der Waals surface area contributed by atoms with E-state index >= 15 is 0 Å². The molecule has 0 amide bonds. The molecule has 0 bridgehead atoms. The SMILES string of the molecule is COC(=O)c1cncnc1NCC1CCCC(C)C1. The van der Waals surface area contributed by atoms with Gasteiger partial charge in [0.1, 0.15) is 17.7 Å². The molecule has 0 aromatic carbocycles. The van der Waals surface area contributed by atoms with Gasteiger partial charge in [-0.1, -0.05) is 19.8 Å². The Morgan fingerprint density at radius 1 is 1.53 bits per heavy atom. The molecule has 2 rings (SSSR count). The molecule has 5 heteroatoms. The molecule has 5 nitrogen and oxygen atoms in total. The van der Waals surface area contributed by atoms with E-state index in [4.69, 9.17) is 4.74 Å². The Bertz CT molecular complexity index is 436. The molecule has 1 aromatic heterocycles. The van der Waals surface area contributed by atoms with Crippen molar-refractivity contribution in [3.05, 3.63) is 18.1 Å². The molecule has 1 N–H and O–H groups in total. The van der Waals surface area contributed by atoms with E-state index in [1.807, 2.05) is 0 Å². The first-order chi connectivity index (χ1) is 9.20. The van der Waals surface area contributed by atoms with E-state index < -0.39 is 5.97 Å². The third-order valence-corrected chi connectivity index (χ3v) is 3.72. The predicted octanol–water partition coefficient (Wildman–Crippen LogP) is 2.50. The Labute approximate surface area is 113 Å². The van der Waals surface area contributed by atoms with Crippen molar-refractivity contribution in [3.8, 4) is 0 Å². The van der Waals surface area contributed by atoms with E-state index in [9.17, 15) is 4.79 Å². The number of anilines is 1. The summed E-state index contributed by atoms with van der Waals surface area (Å²) in [5, 5.41) is 3.27. The van der Waals surface area contributed by atoms with E-state index in [-0.39, 0.29) is 0 Å². The van der Waals surface area contributed by atoms with Gasteiger partial charge in [0.15, 0.2) is 0 Å². The number of nitrogens with one attached hydrogen (secondary N) is 1. The van der Waals surface area contributed by atoms with E-state index in [2.05, 4.69) is 22.2 Å². The minimum atomic E-state index is -0.403. The predicted molar refractivity (Wildman–Crippen MR) is 73.0 cm³/mol. The van der Waals surface area contributed by atoms with Crippen LogP contribution in [0.2, 0.25) is 0 Å². The zero-order valence-corrected chi connectivity index (χ0v) is 11.6. The number of rotatable bonds is 4. The summed E-state index contributed by atoms with van der Waals surface area (Å²) in [6.45, 7) is 3.15. The molecule has 2 unspecified atom stereocenters. The molecule has 0 radical (unpaired) electrons. The lowest BCUT2D eigenvalue weighted by atomic mass is 9.82.